The van der Waals surface area contributed by atoms with Gasteiger partial charge in [-0.05, 0) is 30.5 Å². The molecule has 0 saturated heterocycles. The molecule has 0 radical (unpaired) electrons. The Kier molecular flexibility index (Phi) is 4.64. The van der Waals surface area contributed by atoms with Crippen LogP contribution >= 0.6 is 11.8 Å². The van der Waals surface area contributed by atoms with E-state index < -0.39 is 5.97 Å². The van der Waals surface area contributed by atoms with Crippen LogP contribution in [-0.2, 0) is 6.42 Å². The molecule has 0 atom stereocenters. The monoisotopic (exact) mass is 375 g/mol. The molecule has 0 amide bonds. The van der Waals surface area contributed by atoms with Crippen molar-refractivity contribution in [3.63, 3.8) is 0 Å². The fourth-order valence-corrected chi connectivity index (χ4v) is 3.49. The number of rotatable bonds is 5. The van der Waals surface area contributed by atoms with Crippen LogP contribution in [0.4, 0.5) is 0 Å². The summed E-state index contributed by atoms with van der Waals surface area (Å²) in [7, 11) is 0. The van der Waals surface area contributed by atoms with Crippen molar-refractivity contribution in [2.45, 2.75) is 11.3 Å². The highest BCUT2D eigenvalue weighted by Gasteiger charge is 2.16. The van der Waals surface area contributed by atoms with Crippen molar-refractivity contribution < 1.29 is 9.90 Å². The Morgan fingerprint density at radius 2 is 1.89 bits per heavy atom. The molecule has 3 aromatic heterocycles. The van der Waals surface area contributed by atoms with Gasteiger partial charge in [0.15, 0.2) is 0 Å². The van der Waals surface area contributed by atoms with E-state index in [0.717, 1.165) is 27.2 Å². The van der Waals surface area contributed by atoms with Gasteiger partial charge in [0.2, 0.25) is 0 Å². The lowest BCUT2D eigenvalue weighted by molar-refractivity contribution is 0.0690. The lowest BCUT2D eigenvalue weighted by atomic mass is 10.0. The summed E-state index contributed by atoms with van der Waals surface area (Å²) >= 11 is 1.67. The molecule has 4 rings (SSSR count). The van der Waals surface area contributed by atoms with Gasteiger partial charge in [-0.25, -0.2) is 14.3 Å². The minimum absolute atomic E-state index is 0.0508. The summed E-state index contributed by atoms with van der Waals surface area (Å²) < 4.78 is 1.89. The van der Waals surface area contributed by atoms with E-state index in [1.54, 1.807) is 17.8 Å². The Labute approximate surface area is 160 Å². The number of fused-ring (bicyclic) bond motifs is 1. The Balaban J connectivity index is 1.87. The highest BCUT2D eigenvalue weighted by molar-refractivity contribution is 7.98. The van der Waals surface area contributed by atoms with Crippen molar-refractivity contribution in [2.24, 2.45) is 0 Å². The molecule has 4 aromatic rings. The minimum atomic E-state index is -1.02. The van der Waals surface area contributed by atoms with E-state index >= 15 is 0 Å². The molecule has 6 heteroatoms. The normalized spacial score (nSPS) is 11.0. The number of carboxylic acid groups (broad SMARTS) is 1. The van der Waals surface area contributed by atoms with Gasteiger partial charge in [-0.15, -0.1) is 11.8 Å². The fourth-order valence-electron chi connectivity index (χ4n) is 3.08. The minimum Gasteiger partial charge on any atom is -0.477 e. The van der Waals surface area contributed by atoms with Crippen molar-refractivity contribution in [3.8, 4) is 11.3 Å². The average Bonchev–Trinajstić information content (AvgIpc) is 3.06. The number of carbonyl (C=O) groups is 1. The first-order valence-corrected chi connectivity index (χ1v) is 9.68. The van der Waals surface area contributed by atoms with E-state index in [2.05, 4.69) is 17.1 Å². The maximum atomic E-state index is 11.2. The van der Waals surface area contributed by atoms with Gasteiger partial charge in [-0.3, -0.25) is 0 Å². The lowest BCUT2D eigenvalue weighted by Crippen LogP contribution is -2.03. The Morgan fingerprint density at radius 1 is 1.07 bits per heavy atom. The van der Waals surface area contributed by atoms with Gasteiger partial charge in [-0.2, -0.15) is 5.10 Å². The quantitative estimate of drug-likeness (QED) is 0.524. The largest absolute Gasteiger partial charge is 0.477 e. The maximum Gasteiger partial charge on any atom is 0.354 e. The van der Waals surface area contributed by atoms with Gasteiger partial charge in [0, 0.05) is 34.3 Å². The van der Waals surface area contributed by atoms with Crippen LogP contribution in [0.15, 0.2) is 71.8 Å². The predicted octanol–water partition coefficient (Wildman–Crippen LogP) is 4.41. The molecule has 5 nitrogen and oxygen atoms in total. The summed E-state index contributed by atoms with van der Waals surface area (Å²) in [6.45, 7) is 0. The summed E-state index contributed by atoms with van der Waals surface area (Å²) in [6.07, 6.45) is 4.55. The van der Waals surface area contributed by atoms with Crippen molar-refractivity contribution in [1.82, 2.24) is 14.6 Å². The van der Waals surface area contributed by atoms with E-state index in [4.69, 9.17) is 5.10 Å². The number of pyridine rings is 2. The third kappa shape index (κ3) is 3.44. The van der Waals surface area contributed by atoms with Crippen molar-refractivity contribution in [1.29, 1.82) is 0 Å². The highest BCUT2D eigenvalue weighted by Crippen LogP contribution is 2.29. The van der Waals surface area contributed by atoms with Crippen molar-refractivity contribution >= 4 is 23.2 Å². The van der Waals surface area contributed by atoms with Crippen molar-refractivity contribution in [3.05, 3.63) is 83.8 Å². The molecule has 0 aliphatic carbocycles. The molecule has 0 aliphatic rings. The van der Waals surface area contributed by atoms with Gasteiger partial charge in [0.05, 0.1) is 11.2 Å². The standard InChI is InChI=1S/C21H17N3O2S/c1-27-16-10-11-19-17(12-15-8-5-9-18(22-15)21(25)26)20(23-24(19)13-16)14-6-3-2-4-7-14/h2-11,13H,12H2,1H3,(H,25,26). The molecule has 0 unspecified atom stereocenters. The molecule has 0 saturated carbocycles. The highest BCUT2D eigenvalue weighted by atomic mass is 32.2. The number of nitrogens with zero attached hydrogens (tertiary/aromatic N) is 3. The molecule has 0 fully saturated rings. The SMILES string of the molecule is CSc1ccc2c(Cc3cccc(C(=O)O)n3)c(-c3ccccc3)nn2c1. The van der Waals surface area contributed by atoms with Crippen LogP contribution in [0.2, 0.25) is 0 Å². The third-order valence-corrected chi connectivity index (χ3v) is 5.08. The molecular weight excluding hydrogens is 358 g/mol. The van der Waals surface area contributed by atoms with Crippen LogP contribution in [0.3, 0.4) is 0 Å². The Hall–Kier alpha value is -3.12. The number of benzene rings is 1. The van der Waals surface area contributed by atoms with E-state index in [1.165, 1.54) is 6.07 Å². The summed E-state index contributed by atoms with van der Waals surface area (Å²) in [6, 6.07) is 19.2. The third-order valence-electron chi connectivity index (χ3n) is 4.37. The number of carboxylic acids is 1. The fraction of sp³-hybridized carbons (Fsp3) is 0.0952. The molecule has 27 heavy (non-hydrogen) atoms. The van der Waals surface area contributed by atoms with Crippen LogP contribution in [0, 0.1) is 0 Å². The van der Waals surface area contributed by atoms with Crippen LogP contribution < -0.4 is 0 Å². The zero-order valence-corrected chi connectivity index (χ0v) is 15.5. The van der Waals surface area contributed by atoms with E-state index in [9.17, 15) is 9.90 Å². The summed E-state index contributed by atoms with van der Waals surface area (Å²) in [5, 5.41) is 14.0. The second kappa shape index (κ2) is 7.25. The van der Waals surface area contributed by atoms with E-state index in [0.29, 0.717) is 12.1 Å². The smallest absolute Gasteiger partial charge is 0.354 e. The van der Waals surface area contributed by atoms with E-state index in [-0.39, 0.29) is 5.69 Å². The van der Waals surface area contributed by atoms with Gasteiger partial charge < -0.3 is 5.11 Å². The summed E-state index contributed by atoms with van der Waals surface area (Å²) in [4.78, 5) is 16.7. The van der Waals surface area contributed by atoms with Gasteiger partial charge in [0.25, 0.3) is 0 Å². The first-order chi connectivity index (χ1) is 13.2. The Morgan fingerprint density at radius 3 is 2.63 bits per heavy atom. The van der Waals surface area contributed by atoms with Gasteiger partial charge >= 0.3 is 5.97 Å². The lowest BCUT2D eigenvalue weighted by Gasteiger charge is -2.05. The predicted molar refractivity (Wildman–Crippen MR) is 106 cm³/mol. The molecule has 0 aliphatic heterocycles. The molecule has 1 N–H and O–H groups in total. The number of hydrogen-bond acceptors (Lipinski definition) is 4. The van der Waals surface area contributed by atoms with Crippen LogP contribution in [0.25, 0.3) is 16.8 Å². The molecule has 134 valence electrons. The first-order valence-electron chi connectivity index (χ1n) is 8.45. The zero-order chi connectivity index (χ0) is 18.8. The van der Waals surface area contributed by atoms with Gasteiger partial charge in [0.1, 0.15) is 5.69 Å². The molecule has 0 bridgehead atoms. The molecule has 1 aromatic carbocycles. The second-order valence-electron chi connectivity index (χ2n) is 6.09. The second-order valence-corrected chi connectivity index (χ2v) is 6.97. The maximum absolute atomic E-state index is 11.2. The van der Waals surface area contributed by atoms with Crippen LogP contribution in [0.5, 0.6) is 0 Å². The Bertz CT molecular complexity index is 1120. The number of hydrogen-bond donors (Lipinski definition) is 1. The van der Waals surface area contributed by atoms with Gasteiger partial charge in [-0.1, -0.05) is 36.4 Å². The molecular formula is C21H17N3O2S. The summed E-state index contributed by atoms with van der Waals surface area (Å²) in [5.41, 5.74) is 4.69. The zero-order valence-electron chi connectivity index (χ0n) is 14.7. The topological polar surface area (TPSA) is 67.5 Å². The number of aromatic carboxylic acids is 1. The van der Waals surface area contributed by atoms with Crippen LogP contribution in [0.1, 0.15) is 21.7 Å². The van der Waals surface area contributed by atoms with Crippen LogP contribution in [-0.4, -0.2) is 31.9 Å². The first kappa shape index (κ1) is 17.3. The van der Waals surface area contributed by atoms with Crippen molar-refractivity contribution in [2.75, 3.05) is 6.26 Å². The number of aromatic nitrogens is 3. The van der Waals surface area contributed by atoms with E-state index in [1.807, 2.05) is 53.4 Å². The number of thioether (sulfide) groups is 1. The average molecular weight is 375 g/mol. The molecule has 0 spiro atoms. The summed E-state index contributed by atoms with van der Waals surface area (Å²) in [5.74, 6) is -1.02. The molecule has 3 heterocycles.